The van der Waals surface area contributed by atoms with Crippen LogP contribution in [0.5, 0.6) is 17.2 Å². The molecule has 0 aliphatic heterocycles. The van der Waals surface area contributed by atoms with Gasteiger partial charge >= 0.3 is 0 Å². The molecule has 0 radical (unpaired) electrons. The van der Waals surface area contributed by atoms with Crippen LogP contribution < -0.4 is 19.8 Å². The molecule has 2 aromatic heterocycles. The third kappa shape index (κ3) is 3.55. The van der Waals surface area contributed by atoms with Gasteiger partial charge in [0.1, 0.15) is 5.82 Å². The Morgan fingerprint density at radius 3 is 2.30 bits per heavy atom. The standard InChI is InChI=1S/C23H20N2O4S/c1-27-19-13-15(14-20(28-2)22(19)29-3)25-21(11-10-16-7-6-12-30-16)24-18-9-5-4-8-17(18)23(25)26/h4-14H,1-3H3/b11-10+. The number of hydrogen-bond acceptors (Lipinski definition) is 6. The molecule has 0 unspecified atom stereocenters. The van der Waals surface area contributed by atoms with Crippen molar-refractivity contribution in [3.63, 3.8) is 0 Å². The molecule has 2 heterocycles. The van der Waals surface area contributed by atoms with E-state index in [0.717, 1.165) is 4.88 Å². The largest absolute Gasteiger partial charge is 0.493 e. The summed E-state index contributed by atoms with van der Waals surface area (Å²) < 4.78 is 17.9. The van der Waals surface area contributed by atoms with Crippen molar-refractivity contribution in [3.05, 3.63) is 75.0 Å². The molecule has 0 aliphatic rings. The first-order valence-corrected chi connectivity index (χ1v) is 10.1. The second-order valence-corrected chi connectivity index (χ2v) is 7.34. The maximum atomic E-state index is 13.4. The summed E-state index contributed by atoms with van der Waals surface area (Å²) in [4.78, 5) is 19.2. The van der Waals surface area contributed by atoms with E-state index in [1.54, 1.807) is 55.4 Å². The Morgan fingerprint density at radius 1 is 0.933 bits per heavy atom. The predicted octanol–water partition coefficient (Wildman–Crippen LogP) is 4.64. The van der Waals surface area contributed by atoms with E-state index in [1.807, 2.05) is 47.9 Å². The van der Waals surface area contributed by atoms with Gasteiger partial charge in [0, 0.05) is 17.0 Å². The van der Waals surface area contributed by atoms with Crippen LogP contribution in [0, 0.1) is 0 Å². The molecule has 0 aliphatic carbocycles. The van der Waals surface area contributed by atoms with E-state index in [-0.39, 0.29) is 5.56 Å². The van der Waals surface area contributed by atoms with E-state index < -0.39 is 0 Å². The van der Waals surface area contributed by atoms with Crippen molar-refractivity contribution in [1.82, 2.24) is 9.55 Å². The van der Waals surface area contributed by atoms with Gasteiger partial charge in [-0.25, -0.2) is 4.98 Å². The van der Waals surface area contributed by atoms with Gasteiger partial charge in [-0.05, 0) is 35.7 Å². The van der Waals surface area contributed by atoms with Gasteiger partial charge in [0.25, 0.3) is 5.56 Å². The van der Waals surface area contributed by atoms with Gasteiger partial charge in [-0.15, -0.1) is 11.3 Å². The monoisotopic (exact) mass is 420 g/mol. The molecular weight excluding hydrogens is 400 g/mol. The second kappa shape index (κ2) is 8.42. The van der Waals surface area contributed by atoms with Gasteiger partial charge in [0.15, 0.2) is 11.5 Å². The molecule has 0 spiro atoms. The summed E-state index contributed by atoms with van der Waals surface area (Å²) in [6.07, 6.45) is 3.78. The highest BCUT2D eigenvalue weighted by Gasteiger charge is 2.17. The highest BCUT2D eigenvalue weighted by atomic mass is 32.1. The molecule has 4 rings (SSSR count). The zero-order valence-electron chi connectivity index (χ0n) is 16.8. The molecule has 30 heavy (non-hydrogen) atoms. The number of ether oxygens (including phenoxy) is 3. The molecule has 152 valence electrons. The van der Waals surface area contributed by atoms with Crippen molar-refractivity contribution in [2.24, 2.45) is 0 Å². The SMILES string of the molecule is COc1cc(-n2c(/C=C/c3cccs3)nc3ccccc3c2=O)cc(OC)c1OC. The minimum absolute atomic E-state index is 0.180. The van der Waals surface area contributed by atoms with E-state index in [2.05, 4.69) is 0 Å². The average Bonchev–Trinajstić information content (AvgIpc) is 3.30. The fourth-order valence-corrected chi connectivity index (χ4v) is 3.87. The Morgan fingerprint density at radius 2 is 1.67 bits per heavy atom. The number of hydrogen-bond donors (Lipinski definition) is 0. The molecule has 0 fully saturated rings. The maximum absolute atomic E-state index is 13.4. The molecule has 0 amide bonds. The highest BCUT2D eigenvalue weighted by molar-refractivity contribution is 7.10. The number of methoxy groups -OCH3 is 3. The van der Waals surface area contributed by atoms with Gasteiger partial charge < -0.3 is 14.2 Å². The molecule has 0 saturated heterocycles. The number of para-hydroxylation sites is 1. The van der Waals surface area contributed by atoms with Crippen LogP contribution in [0.1, 0.15) is 10.7 Å². The lowest BCUT2D eigenvalue weighted by atomic mass is 10.2. The molecule has 0 atom stereocenters. The summed E-state index contributed by atoms with van der Waals surface area (Å²) in [6.45, 7) is 0. The molecular formula is C23H20N2O4S. The van der Waals surface area contributed by atoms with Crippen LogP contribution in [0.2, 0.25) is 0 Å². The van der Waals surface area contributed by atoms with Crippen LogP contribution in [0.4, 0.5) is 0 Å². The van der Waals surface area contributed by atoms with Crippen LogP contribution in [0.15, 0.2) is 58.7 Å². The normalized spacial score (nSPS) is 11.2. The van der Waals surface area contributed by atoms with Gasteiger partial charge in [0.2, 0.25) is 5.75 Å². The van der Waals surface area contributed by atoms with Crippen LogP contribution in [0.25, 0.3) is 28.7 Å². The first-order chi connectivity index (χ1) is 14.7. The van der Waals surface area contributed by atoms with Gasteiger partial charge in [0.05, 0.1) is 37.9 Å². The van der Waals surface area contributed by atoms with E-state index in [1.165, 1.54) is 0 Å². The molecule has 2 aromatic carbocycles. The summed E-state index contributed by atoms with van der Waals surface area (Å²) in [7, 11) is 4.62. The minimum atomic E-state index is -0.180. The third-order valence-corrected chi connectivity index (χ3v) is 5.49. The summed E-state index contributed by atoms with van der Waals surface area (Å²) in [5.41, 5.74) is 1.02. The average molecular weight is 420 g/mol. The van der Waals surface area contributed by atoms with Crippen molar-refractivity contribution in [2.75, 3.05) is 21.3 Å². The van der Waals surface area contributed by atoms with Crippen molar-refractivity contribution in [2.45, 2.75) is 0 Å². The van der Waals surface area contributed by atoms with Crippen LogP contribution in [-0.2, 0) is 0 Å². The zero-order chi connectivity index (χ0) is 21.1. The van der Waals surface area contributed by atoms with Crippen molar-refractivity contribution < 1.29 is 14.2 Å². The smallest absolute Gasteiger partial charge is 0.266 e. The van der Waals surface area contributed by atoms with Gasteiger partial charge in [-0.1, -0.05) is 18.2 Å². The Hall–Kier alpha value is -3.58. The minimum Gasteiger partial charge on any atom is -0.493 e. The Balaban J connectivity index is 2.01. The zero-order valence-corrected chi connectivity index (χ0v) is 17.6. The molecule has 0 bridgehead atoms. The van der Waals surface area contributed by atoms with Crippen LogP contribution in [-0.4, -0.2) is 30.9 Å². The number of fused-ring (bicyclic) bond motifs is 1. The quantitative estimate of drug-likeness (QED) is 0.455. The van der Waals surface area contributed by atoms with Crippen LogP contribution >= 0.6 is 11.3 Å². The summed E-state index contributed by atoms with van der Waals surface area (Å²) >= 11 is 1.61. The molecule has 7 heteroatoms. The van der Waals surface area contributed by atoms with Gasteiger partial charge in [-0.2, -0.15) is 0 Å². The van der Waals surface area contributed by atoms with E-state index in [9.17, 15) is 4.79 Å². The predicted molar refractivity (Wildman–Crippen MR) is 120 cm³/mol. The van der Waals surface area contributed by atoms with E-state index in [0.29, 0.717) is 39.7 Å². The number of rotatable bonds is 6. The molecule has 6 nitrogen and oxygen atoms in total. The first-order valence-electron chi connectivity index (χ1n) is 9.20. The highest BCUT2D eigenvalue weighted by Crippen LogP contribution is 2.39. The third-order valence-electron chi connectivity index (χ3n) is 4.65. The molecule has 4 aromatic rings. The topological polar surface area (TPSA) is 62.6 Å². The lowest BCUT2D eigenvalue weighted by Gasteiger charge is -2.16. The first kappa shape index (κ1) is 19.7. The Kier molecular flexibility index (Phi) is 5.54. The lowest BCUT2D eigenvalue weighted by Crippen LogP contribution is -2.22. The molecule has 0 saturated carbocycles. The van der Waals surface area contributed by atoms with Crippen molar-refractivity contribution in [3.8, 4) is 22.9 Å². The maximum Gasteiger partial charge on any atom is 0.266 e. The second-order valence-electron chi connectivity index (χ2n) is 6.36. The number of thiophene rings is 1. The number of aromatic nitrogens is 2. The molecule has 0 N–H and O–H groups in total. The van der Waals surface area contributed by atoms with E-state index in [4.69, 9.17) is 19.2 Å². The van der Waals surface area contributed by atoms with Crippen molar-refractivity contribution in [1.29, 1.82) is 0 Å². The number of benzene rings is 2. The summed E-state index contributed by atoms with van der Waals surface area (Å²) in [6, 6.07) is 14.7. The Bertz CT molecular complexity index is 1250. The number of nitrogens with zero attached hydrogens (tertiary/aromatic N) is 2. The summed E-state index contributed by atoms with van der Waals surface area (Å²) in [5.74, 6) is 1.88. The summed E-state index contributed by atoms with van der Waals surface area (Å²) in [5, 5.41) is 2.53. The lowest BCUT2D eigenvalue weighted by molar-refractivity contribution is 0.324. The fraction of sp³-hybridized carbons (Fsp3) is 0.130. The van der Waals surface area contributed by atoms with Gasteiger partial charge in [-0.3, -0.25) is 9.36 Å². The van der Waals surface area contributed by atoms with E-state index >= 15 is 0 Å². The fourth-order valence-electron chi connectivity index (χ4n) is 3.25. The Labute approximate surface area is 177 Å². The van der Waals surface area contributed by atoms with Crippen molar-refractivity contribution >= 4 is 34.4 Å². The van der Waals surface area contributed by atoms with Crippen LogP contribution in [0.3, 0.4) is 0 Å².